The van der Waals surface area contributed by atoms with Crippen LogP contribution in [0.1, 0.15) is 5.56 Å². The normalized spacial score (nSPS) is 19.2. The lowest BCUT2D eigenvalue weighted by Gasteiger charge is -2.29. The fourth-order valence-electron chi connectivity index (χ4n) is 3.33. The summed E-state index contributed by atoms with van der Waals surface area (Å²) in [7, 11) is 0. The van der Waals surface area contributed by atoms with Crippen LogP contribution in [0.4, 0.5) is 10.1 Å². The van der Waals surface area contributed by atoms with Crippen LogP contribution in [0.15, 0.2) is 42.5 Å². The average molecular weight is 408 g/mol. The topological polar surface area (TPSA) is 47.2 Å². The number of ether oxygens (including phenoxy) is 1. The van der Waals surface area contributed by atoms with Gasteiger partial charge in [-0.25, -0.2) is 4.39 Å². The number of carbonyl (C=O) groups excluding carboxylic acids is 1. The molecule has 1 amide bonds. The maximum absolute atomic E-state index is 13.6. The lowest BCUT2D eigenvalue weighted by Crippen LogP contribution is -3.28. The van der Waals surface area contributed by atoms with Crippen LogP contribution in [0.25, 0.3) is 0 Å². The van der Waals surface area contributed by atoms with E-state index in [0.29, 0.717) is 29.4 Å². The summed E-state index contributed by atoms with van der Waals surface area (Å²) < 4.78 is 19.3. The quantitative estimate of drug-likeness (QED) is 0.629. The van der Waals surface area contributed by atoms with Crippen molar-refractivity contribution >= 4 is 23.2 Å². The van der Waals surface area contributed by atoms with Gasteiger partial charge in [-0.1, -0.05) is 17.7 Å². The third kappa shape index (κ3) is 6.19. The molecule has 2 aromatic rings. The van der Waals surface area contributed by atoms with Crippen LogP contribution in [-0.4, -0.2) is 51.8 Å². The molecule has 3 rings (SSSR count). The Labute approximate surface area is 170 Å². The second-order valence-electron chi connectivity index (χ2n) is 7.24. The first-order chi connectivity index (χ1) is 13.5. The van der Waals surface area contributed by atoms with Crippen molar-refractivity contribution in [1.29, 1.82) is 0 Å². The van der Waals surface area contributed by atoms with Crippen molar-refractivity contribution in [1.82, 2.24) is 0 Å². The minimum atomic E-state index is -0.303. The van der Waals surface area contributed by atoms with Crippen LogP contribution in [0.2, 0.25) is 5.02 Å². The molecule has 3 N–H and O–H groups in total. The molecule has 0 saturated carbocycles. The fraction of sp³-hybridized carbons (Fsp3) is 0.381. The first kappa shape index (κ1) is 20.6. The van der Waals surface area contributed by atoms with Gasteiger partial charge in [0.2, 0.25) is 0 Å². The standard InChI is InChI=1S/C21H25ClFN3O2/c1-16-2-5-18(14-20(16)23)24-21(27)15-26-10-8-25(9-11-26)12-13-28-19-6-3-17(22)4-7-19/h2-7,14H,8-13,15H2,1H3,(H,24,27)/p+2. The van der Waals surface area contributed by atoms with Gasteiger partial charge in [0.25, 0.3) is 5.91 Å². The van der Waals surface area contributed by atoms with Gasteiger partial charge in [-0.3, -0.25) is 4.79 Å². The van der Waals surface area contributed by atoms with Gasteiger partial charge in [-0.2, -0.15) is 0 Å². The first-order valence-corrected chi connectivity index (χ1v) is 9.99. The molecule has 0 bridgehead atoms. The van der Waals surface area contributed by atoms with Gasteiger partial charge < -0.3 is 19.9 Å². The highest BCUT2D eigenvalue weighted by Gasteiger charge is 2.24. The molecule has 0 spiro atoms. The van der Waals surface area contributed by atoms with Crippen molar-refractivity contribution in [3.63, 3.8) is 0 Å². The molecular formula is C21H27ClFN3O2+2. The van der Waals surface area contributed by atoms with Crippen molar-refractivity contribution in [2.24, 2.45) is 0 Å². The summed E-state index contributed by atoms with van der Waals surface area (Å²) in [6.07, 6.45) is 0. The van der Waals surface area contributed by atoms with E-state index in [9.17, 15) is 9.18 Å². The maximum atomic E-state index is 13.6. The summed E-state index contributed by atoms with van der Waals surface area (Å²) >= 11 is 5.87. The van der Waals surface area contributed by atoms with E-state index in [0.717, 1.165) is 38.5 Å². The van der Waals surface area contributed by atoms with Crippen molar-refractivity contribution in [2.75, 3.05) is 51.2 Å². The van der Waals surface area contributed by atoms with E-state index in [1.165, 1.54) is 15.9 Å². The number of quaternary nitrogens is 2. The van der Waals surface area contributed by atoms with Crippen LogP contribution in [-0.2, 0) is 4.79 Å². The number of aryl methyl sites for hydroxylation is 1. The SMILES string of the molecule is Cc1ccc(NC(=O)C[NH+]2CC[NH+](CCOc3ccc(Cl)cc3)CC2)cc1F. The molecule has 1 fully saturated rings. The summed E-state index contributed by atoms with van der Waals surface area (Å²) in [5.74, 6) is 0.452. The highest BCUT2D eigenvalue weighted by Crippen LogP contribution is 2.15. The second-order valence-corrected chi connectivity index (χ2v) is 7.68. The van der Waals surface area contributed by atoms with Crippen LogP contribution in [0.3, 0.4) is 0 Å². The molecule has 0 aliphatic carbocycles. The number of benzene rings is 2. The number of halogens is 2. The van der Waals surface area contributed by atoms with Crippen molar-refractivity contribution < 1.29 is 23.7 Å². The number of piperazine rings is 1. The summed E-state index contributed by atoms with van der Waals surface area (Å²) in [6.45, 7) is 7.59. The predicted octanol–water partition coefficient (Wildman–Crippen LogP) is 0.588. The van der Waals surface area contributed by atoms with Gasteiger partial charge in [0.15, 0.2) is 6.54 Å². The second kappa shape index (κ2) is 9.87. The largest absolute Gasteiger partial charge is 0.488 e. The Morgan fingerprint density at radius 1 is 1.11 bits per heavy atom. The average Bonchev–Trinajstić information content (AvgIpc) is 2.68. The van der Waals surface area contributed by atoms with Gasteiger partial charge in [-0.05, 0) is 48.9 Å². The van der Waals surface area contributed by atoms with E-state index >= 15 is 0 Å². The van der Waals surface area contributed by atoms with Gasteiger partial charge in [0.05, 0.1) is 0 Å². The van der Waals surface area contributed by atoms with Gasteiger partial charge in [-0.15, -0.1) is 0 Å². The van der Waals surface area contributed by atoms with Gasteiger partial charge in [0.1, 0.15) is 50.9 Å². The molecule has 2 aromatic carbocycles. The van der Waals surface area contributed by atoms with Crippen LogP contribution < -0.4 is 19.9 Å². The third-order valence-corrected chi connectivity index (χ3v) is 5.32. The summed E-state index contributed by atoms with van der Waals surface area (Å²) in [5, 5.41) is 3.49. The Kier molecular flexibility index (Phi) is 7.25. The molecule has 1 saturated heterocycles. The van der Waals surface area contributed by atoms with E-state index in [1.807, 2.05) is 24.3 Å². The third-order valence-electron chi connectivity index (χ3n) is 5.07. The van der Waals surface area contributed by atoms with E-state index in [1.54, 1.807) is 19.1 Å². The van der Waals surface area contributed by atoms with Crippen molar-refractivity contribution in [3.8, 4) is 5.75 Å². The number of amides is 1. The zero-order valence-corrected chi connectivity index (χ0v) is 16.8. The van der Waals surface area contributed by atoms with E-state index < -0.39 is 0 Å². The van der Waals surface area contributed by atoms with Crippen molar-refractivity contribution in [3.05, 3.63) is 58.9 Å². The Hall–Kier alpha value is -2.15. The number of nitrogens with one attached hydrogen (secondary N) is 3. The minimum Gasteiger partial charge on any atom is -0.488 e. The predicted molar refractivity (Wildman–Crippen MR) is 108 cm³/mol. The monoisotopic (exact) mass is 407 g/mol. The molecule has 0 aromatic heterocycles. The molecule has 0 unspecified atom stereocenters. The maximum Gasteiger partial charge on any atom is 0.279 e. The molecule has 5 nitrogen and oxygen atoms in total. The molecule has 150 valence electrons. The van der Waals surface area contributed by atoms with E-state index in [2.05, 4.69) is 5.32 Å². The molecular weight excluding hydrogens is 381 g/mol. The number of carbonyl (C=O) groups is 1. The minimum absolute atomic E-state index is 0.0761. The summed E-state index contributed by atoms with van der Waals surface area (Å²) in [6, 6.07) is 12.2. The number of rotatable bonds is 7. The molecule has 1 aliphatic heterocycles. The summed E-state index contributed by atoms with van der Waals surface area (Å²) in [4.78, 5) is 15.0. The number of anilines is 1. The summed E-state index contributed by atoms with van der Waals surface area (Å²) in [5.41, 5.74) is 1.08. The Balaban J connectivity index is 1.34. The molecule has 1 aliphatic rings. The highest BCUT2D eigenvalue weighted by atomic mass is 35.5. The van der Waals surface area contributed by atoms with Crippen LogP contribution in [0.5, 0.6) is 5.75 Å². The zero-order valence-electron chi connectivity index (χ0n) is 16.1. The lowest BCUT2D eigenvalue weighted by molar-refractivity contribution is -1.01. The van der Waals surface area contributed by atoms with E-state index in [4.69, 9.17) is 16.3 Å². The molecule has 0 atom stereocenters. The number of hydrogen-bond acceptors (Lipinski definition) is 2. The van der Waals surface area contributed by atoms with Gasteiger partial charge >= 0.3 is 0 Å². The molecule has 0 radical (unpaired) electrons. The smallest absolute Gasteiger partial charge is 0.279 e. The van der Waals surface area contributed by atoms with Gasteiger partial charge in [0, 0.05) is 10.7 Å². The Morgan fingerprint density at radius 3 is 2.46 bits per heavy atom. The highest BCUT2D eigenvalue weighted by molar-refractivity contribution is 6.30. The number of hydrogen-bond donors (Lipinski definition) is 3. The molecule has 1 heterocycles. The van der Waals surface area contributed by atoms with E-state index in [-0.39, 0.29) is 11.7 Å². The van der Waals surface area contributed by atoms with Crippen molar-refractivity contribution in [2.45, 2.75) is 6.92 Å². The van der Waals surface area contributed by atoms with Crippen LogP contribution in [0, 0.1) is 12.7 Å². The zero-order chi connectivity index (χ0) is 19.9. The van der Waals surface area contributed by atoms with Crippen LogP contribution >= 0.6 is 11.6 Å². The molecule has 28 heavy (non-hydrogen) atoms. The molecule has 7 heteroatoms. The first-order valence-electron chi connectivity index (χ1n) is 9.61. The Morgan fingerprint density at radius 2 is 1.79 bits per heavy atom. The Bertz CT molecular complexity index is 793. The fourth-order valence-corrected chi connectivity index (χ4v) is 3.46. The lowest BCUT2D eigenvalue weighted by atomic mass is 10.2.